The Morgan fingerprint density at radius 2 is 2.00 bits per heavy atom. The van der Waals surface area contributed by atoms with Crippen LogP contribution in [0.2, 0.25) is 0 Å². The fraction of sp³-hybridized carbons (Fsp3) is 0. The van der Waals surface area contributed by atoms with Gasteiger partial charge in [0, 0.05) is 0 Å². The minimum Gasteiger partial charge on any atom is -0.475 e. The van der Waals surface area contributed by atoms with Crippen LogP contribution < -0.4 is 0 Å². The topological polar surface area (TPSA) is 68.0 Å². The Labute approximate surface area is 83.8 Å². The van der Waals surface area contributed by atoms with E-state index in [-0.39, 0.29) is 11.6 Å². The summed E-state index contributed by atoms with van der Waals surface area (Å²) in [5, 5.41) is 12.3. The summed E-state index contributed by atoms with van der Waals surface area (Å²) in [4.78, 5) is 14.1. The molecule has 0 fully saturated rings. The average molecular weight is 207 g/mol. The van der Waals surface area contributed by atoms with Crippen LogP contribution in [0.1, 0.15) is 10.6 Å². The zero-order chi connectivity index (χ0) is 10.8. The van der Waals surface area contributed by atoms with E-state index < -0.39 is 5.97 Å². The summed E-state index contributed by atoms with van der Waals surface area (Å²) < 4.78 is 13.9. The van der Waals surface area contributed by atoms with Gasteiger partial charge in [-0.25, -0.2) is 18.9 Å². The number of carboxylic acids is 1. The van der Waals surface area contributed by atoms with Crippen molar-refractivity contribution in [3.05, 3.63) is 42.2 Å². The van der Waals surface area contributed by atoms with Gasteiger partial charge in [-0.1, -0.05) is 0 Å². The Balaban J connectivity index is 2.37. The van der Waals surface area contributed by atoms with E-state index in [1.165, 1.54) is 35.3 Å². The van der Waals surface area contributed by atoms with Crippen LogP contribution in [0, 0.1) is 5.82 Å². The minimum absolute atomic E-state index is 0.292. The summed E-state index contributed by atoms with van der Waals surface area (Å²) in [6.07, 6.45) is 1.26. The van der Waals surface area contributed by atoms with Crippen molar-refractivity contribution in [2.75, 3.05) is 0 Å². The number of carboxylic acid groups (broad SMARTS) is 1. The number of hydrogen-bond acceptors (Lipinski definition) is 3. The van der Waals surface area contributed by atoms with Gasteiger partial charge in [-0.2, -0.15) is 0 Å². The van der Waals surface area contributed by atoms with Crippen LogP contribution in [0.5, 0.6) is 0 Å². The highest BCUT2D eigenvalue weighted by Gasteiger charge is 2.09. The first-order valence-electron chi connectivity index (χ1n) is 4.08. The third-order valence-corrected chi connectivity index (χ3v) is 1.77. The van der Waals surface area contributed by atoms with Gasteiger partial charge >= 0.3 is 5.97 Å². The summed E-state index contributed by atoms with van der Waals surface area (Å²) >= 11 is 0. The van der Waals surface area contributed by atoms with E-state index in [0.717, 1.165) is 0 Å². The SMILES string of the molecule is O=C(O)c1ncn(-c2ccc(F)cc2)n1. The van der Waals surface area contributed by atoms with E-state index in [1.807, 2.05) is 0 Å². The zero-order valence-electron chi connectivity index (χ0n) is 7.46. The second-order valence-electron chi connectivity index (χ2n) is 2.79. The maximum atomic E-state index is 12.6. The van der Waals surface area contributed by atoms with E-state index in [9.17, 15) is 9.18 Å². The first kappa shape index (κ1) is 9.32. The summed E-state index contributed by atoms with van der Waals surface area (Å²) in [7, 11) is 0. The number of aromatic nitrogens is 3. The van der Waals surface area contributed by atoms with E-state index in [0.29, 0.717) is 5.69 Å². The molecule has 0 atom stereocenters. The largest absolute Gasteiger partial charge is 0.475 e. The molecule has 0 aliphatic rings. The molecule has 0 amide bonds. The van der Waals surface area contributed by atoms with Crippen LogP contribution in [0.25, 0.3) is 5.69 Å². The Morgan fingerprint density at radius 3 is 2.53 bits per heavy atom. The Bertz CT molecular complexity index is 492. The zero-order valence-corrected chi connectivity index (χ0v) is 7.46. The van der Waals surface area contributed by atoms with Crippen LogP contribution in [0.4, 0.5) is 4.39 Å². The van der Waals surface area contributed by atoms with E-state index in [1.54, 1.807) is 0 Å². The van der Waals surface area contributed by atoms with Crippen LogP contribution in [0.15, 0.2) is 30.6 Å². The number of nitrogens with zero attached hydrogens (tertiary/aromatic N) is 3. The number of carbonyl (C=O) groups is 1. The first-order valence-corrected chi connectivity index (χ1v) is 4.08. The predicted molar refractivity (Wildman–Crippen MR) is 48.3 cm³/mol. The molecule has 0 spiro atoms. The number of halogens is 1. The highest BCUT2D eigenvalue weighted by Crippen LogP contribution is 2.07. The summed E-state index contributed by atoms with van der Waals surface area (Å²) in [6.45, 7) is 0. The maximum Gasteiger partial charge on any atom is 0.375 e. The van der Waals surface area contributed by atoms with Gasteiger partial charge in [0.05, 0.1) is 5.69 Å². The van der Waals surface area contributed by atoms with Gasteiger partial charge in [0.2, 0.25) is 0 Å². The predicted octanol–water partition coefficient (Wildman–Crippen LogP) is 1.10. The molecule has 1 aromatic carbocycles. The lowest BCUT2D eigenvalue weighted by Crippen LogP contribution is -2.01. The molecule has 0 radical (unpaired) electrons. The fourth-order valence-corrected chi connectivity index (χ4v) is 1.08. The van der Waals surface area contributed by atoms with Gasteiger partial charge in [-0.15, -0.1) is 5.10 Å². The van der Waals surface area contributed by atoms with Crippen molar-refractivity contribution in [2.45, 2.75) is 0 Å². The standard InChI is InChI=1S/C9H6FN3O2/c10-6-1-3-7(4-2-6)13-5-11-8(12-13)9(14)15/h1-5H,(H,14,15). The maximum absolute atomic E-state index is 12.6. The summed E-state index contributed by atoms with van der Waals surface area (Å²) in [5.41, 5.74) is 0.552. The first-order chi connectivity index (χ1) is 7.16. The molecule has 0 saturated heterocycles. The van der Waals surface area contributed by atoms with E-state index in [4.69, 9.17) is 5.11 Å². The summed E-state index contributed by atoms with van der Waals surface area (Å²) in [5.74, 6) is -1.85. The second kappa shape index (κ2) is 3.49. The van der Waals surface area contributed by atoms with Crippen molar-refractivity contribution in [1.82, 2.24) is 14.8 Å². The molecule has 0 aliphatic carbocycles. The third kappa shape index (κ3) is 1.83. The van der Waals surface area contributed by atoms with Crippen molar-refractivity contribution in [3.8, 4) is 5.69 Å². The fourth-order valence-electron chi connectivity index (χ4n) is 1.08. The van der Waals surface area contributed by atoms with Crippen molar-refractivity contribution in [1.29, 1.82) is 0 Å². The number of benzene rings is 1. The molecule has 76 valence electrons. The second-order valence-corrected chi connectivity index (χ2v) is 2.79. The van der Waals surface area contributed by atoms with Crippen molar-refractivity contribution < 1.29 is 14.3 Å². The molecule has 6 heteroatoms. The lowest BCUT2D eigenvalue weighted by molar-refractivity contribution is 0.0683. The molecule has 0 unspecified atom stereocenters. The highest BCUT2D eigenvalue weighted by atomic mass is 19.1. The third-order valence-electron chi connectivity index (χ3n) is 1.77. The van der Waals surface area contributed by atoms with Gasteiger partial charge in [-0.3, -0.25) is 0 Å². The van der Waals surface area contributed by atoms with Gasteiger partial charge in [0.25, 0.3) is 5.82 Å². The average Bonchev–Trinajstić information content (AvgIpc) is 2.68. The molecule has 0 aliphatic heterocycles. The lowest BCUT2D eigenvalue weighted by atomic mass is 10.3. The quantitative estimate of drug-likeness (QED) is 0.800. The molecule has 2 aromatic rings. The Hall–Kier alpha value is -2.24. The summed E-state index contributed by atoms with van der Waals surface area (Å²) in [6, 6.07) is 5.49. The molecule has 15 heavy (non-hydrogen) atoms. The van der Waals surface area contributed by atoms with Crippen LogP contribution in [0.3, 0.4) is 0 Å². The molecule has 1 aromatic heterocycles. The molecular weight excluding hydrogens is 201 g/mol. The van der Waals surface area contributed by atoms with Crippen molar-refractivity contribution in [2.24, 2.45) is 0 Å². The molecule has 1 heterocycles. The molecular formula is C9H6FN3O2. The van der Waals surface area contributed by atoms with Gasteiger partial charge in [0.1, 0.15) is 12.1 Å². The molecule has 5 nitrogen and oxygen atoms in total. The van der Waals surface area contributed by atoms with Gasteiger partial charge in [-0.05, 0) is 24.3 Å². The van der Waals surface area contributed by atoms with Gasteiger partial charge in [0.15, 0.2) is 0 Å². The molecule has 0 saturated carbocycles. The molecule has 2 rings (SSSR count). The van der Waals surface area contributed by atoms with Gasteiger partial charge < -0.3 is 5.11 Å². The Kier molecular flexibility index (Phi) is 2.17. The number of aromatic carboxylic acids is 1. The smallest absolute Gasteiger partial charge is 0.375 e. The lowest BCUT2D eigenvalue weighted by Gasteiger charge is -1.98. The van der Waals surface area contributed by atoms with Crippen LogP contribution in [-0.2, 0) is 0 Å². The number of hydrogen-bond donors (Lipinski definition) is 1. The molecule has 1 N–H and O–H groups in total. The van der Waals surface area contributed by atoms with E-state index >= 15 is 0 Å². The normalized spacial score (nSPS) is 10.2. The van der Waals surface area contributed by atoms with Crippen molar-refractivity contribution >= 4 is 5.97 Å². The van der Waals surface area contributed by atoms with Crippen LogP contribution in [-0.4, -0.2) is 25.8 Å². The van der Waals surface area contributed by atoms with Crippen LogP contribution >= 0.6 is 0 Å². The van der Waals surface area contributed by atoms with E-state index in [2.05, 4.69) is 10.1 Å². The Morgan fingerprint density at radius 1 is 1.33 bits per heavy atom. The molecule has 0 bridgehead atoms. The monoisotopic (exact) mass is 207 g/mol. The minimum atomic E-state index is -1.20. The van der Waals surface area contributed by atoms with Crippen molar-refractivity contribution in [3.63, 3.8) is 0 Å². The number of rotatable bonds is 2. The highest BCUT2D eigenvalue weighted by molar-refractivity contribution is 5.82.